The molecule has 0 aliphatic carbocycles. The maximum atomic E-state index is 14.1. The van der Waals surface area contributed by atoms with Crippen molar-refractivity contribution < 1.29 is 9.13 Å². The van der Waals surface area contributed by atoms with Crippen LogP contribution in [0.2, 0.25) is 0 Å². The van der Waals surface area contributed by atoms with Gasteiger partial charge in [-0.2, -0.15) is 4.98 Å². The molecule has 0 aliphatic rings. The van der Waals surface area contributed by atoms with Crippen molar-refractivity contribution >= 4 is 17.1 Å². The molecule has 0 spiro atoms. The Balaban J connectivity index is 1.97. The van der Waals surface area contributed by atoms with Crippen molar-refractivity contribution in [3.8, 4) is 11.4 Å². The molecular weight excluding hydrogens is 349 g/mol. The zero-order valence-electron chi connectivity index (χ0n) is 14.5. The van der Waals surface area contributed by atoms with Crippen LogP contribution >= 0.6 is 0 Å². The van der Waals surface area contributed by atoms with Gasteiger partial charge in [0.15, 0.2) is 5.65 Å². The molecule has 8 heteroatoms. The van der Waals surface area contributed by atoms with Crippen LogP contribution in [0.25, 0.3) is 16.9 Å². The molecule has 7 nitrogen and oxygen atoms in total. The van der Waals surface area contributed by atoms with Gasteiger partial charge in [-0.3, -0.25) is 4.57 Å². The first-order valence-corrected chi connectivity index (χ1v) is 8.20. The SMILES string of the molecule is COc1cccc(-n2c(=O)n(Cc3ccccc3F)c3cnc(N)nc32)c1. The first kappa shape index (κ1) is 16.8. The number of aromatic nitrogens is 4. The van der Waals surface area contributed by atoms with E-state index in [1.54, 1.807) is 49.6 Å². The smallest absolute Gasteiger partial charge is 0.335 e. The third-order valence-electron chi connectivity index (χ3n) is 4.29. The van der Waals surface area contributed by atoms with Gasteiger partial charge in [-0.25, -0.2) is 18.7 Å². The van der Waals surface area contributed by atoms with E-state index in [4.69, 9.17) is 10.5 Å². The molecule has 27 heavy (non-hydrogen) atoms. The van der Waals surface area contributed by atoms with Crippen LogP contribution in [0.1, 0.15) is 5.56 Å². The minimum Gasteiger partial charge on any atom is -0.497 e. The number of hydrogen-bond acceptors (Lipinski definition) is 5. The molecule has 0 radical (unpaired) electrons. The molecule has 0 bridgehead atoms. The van der Waals surface area contributed by atoms with Crippen LogP contribution in [-0.2, 0) is 6.54 Å². The second-order valence-corrected chi connectivity index (χ2v) is 5.93. The highest BCUT2D eigenvalue weighted by molar-refractivity contribution is 5.74. The van der Waals surface area contributed by atoms with Crippen LogP contribution < -0.4 is 16.2 Å². The van der Waals surface area contributed by atoms with E-state index in [2.05, 4.69) is 9.97 Å². The summed E-state index contributed by atoms with van der Waals surface area (Å²) in [5.74, 6) is 0.252. The lowest BCUT2D eigenvalue weighted by Crippen LogP contribution is -2.24. The highest BCUT2D eigenvalue weighted by Gasteiger charge is 2.18. The molecule has 0 fully saturated rings. The molecule has 4 rings (SSSR count). The van der Waals surface area contributed by atoms with Crippen molar-refractivity contribution in [3.05, 3.63) is 76.6 Å². The molecule has 2 heterocycles. The molecule has 136 valence electrons. The van der Waals surface area contributed by atoms with Crippen LogP contribution in [0.3, 0.4) is 0 Å². The Morgan fingerprint density at radius 1 is 1.19 bits per heavy atom. The van der Waals surface area contributed by atoms with Crippen LogP contribution in [0, 0.1) is 5.82 Å². The zero-order chi connectivity index (χ0) is 19.0. The maximum absolute atomic E-state index is 14.1. The topological polar surface area (TPSA) is 88.0 Å². The van der Waals surface area contributed by atoms with Crippen LogP contribution in [0.4, 0.5) is 10.3 Å². The Kier molecular flexibility index (Phi) is 4.08. The number of nitrogen functional groups attached to an aromatic ring is 1. The fraction of sp³-hybridized carbons (Fsp3) is 0.105. The first-order chi connectivity index (χ1) is 13.1. The summed E-state index contributed by atoms with van der Waals surface area (Å²) in [6, 6.07) is 13.3. The number of nitrogens with zero attached hydrogens (tertiary/aromatic N) is 4. The van der Waals surface area contributed by atoms with E-state index in [0.29, 0.717) is 28.2 Å². The van der Waals surface area contributed by atoms with Crippen LogP contribution in [0.5, 0.6) is 5.75 Å². The summed E-state index contributed by atoms with van der Waals surface area (Å²) in [5, 5.41) is 0. The number of hydrogen-bond donors (Lipinski definition) is 1. The molecule has 2 aromatic heterocycles. The number of imidazole rings is 1. The summed E-state index contributed by atoms with van der Waals surface area (Å²) >= 11 is 0. The van der Waals surface area contributed by atoms with E-state index in [1.165, 1.54) is 21.4 Å². The Labute approximate surface area is 153 Å². The standard InChI is InChI=1S/C19H16FN5O2/c1-27-14-7-4-6-13(9-14)25-17-16(10-22-18(21)23-17)24(19(25)26)11-12-5-2-3-8-15(12)20/h2-10H,11H2,1H3,(H2,21,22,23). The van der Waals surface area contributed by atoms with Gasteiger partial charge < -0.3 is 10.5 Å². The van der Waals surface area contributed by atoms with E-state index in [-0.39, 0.29) is 24.0 Å². The third-order valence-corrected chi connectivity index (χ3v) is 4.29. The number of nitrogens with two attached hydrogens (primary N) is 1. The molecule has 2 N–H and O–H groups in total. The maximum Gasteiger partial charge on any atom is 0.335 e. The van der Waals surface area contributed by atoms with Crippen LogP contribution in [0.15, 0.2) is 59.5 Å². The summed E-state index contributed by atoms with van der Waals surface area (Å²) in [5.41, 5.74) is 7.12. The van der Waals surface area contributed by atoms with E-state index in [9.17, 15) is 9.18 Å². The van der Waals surface area contributed by atoms with E-state index < -0.39 is 0 Å². The van der Waals surface area contributed by atoms with Crippen LogP contribution in [-0.4, -0.2) is 26.2 Å². The van der Waals surface area contributed by atoms with E-state index in [0.717, 1.165) is 0 Å². The summed E-state index contributed by atoms with van der Waals surface area (Å²) in [6.07, 6.45) is 1.47. The van der Waals surface area contributed by atoms with Gasteiger partial charge in [0.25, 0.3) is 0 Å². The average molecular weight is 365 g/mol. The van der Waals surface area contributed by atoms with Gasteiger partial charge in [-0.15, -0.1) is 0 Å². The number of anilines is 1. The van der Waals surface area contributed by atoms with Gasteiger partial charge in [0.2, 0.25) is 5.95 Å². The van der Waals surface area contributed by atoms with Crippen molar-refractivity contribution in [2.75, 3.05) is 12.8 Å². The number of halogens is 1. The van der Waals surface area contributed by atoms with E-state index in [1.807, 2.05) is 0 Å². The second-order valence-electron chi connectivity index (χ2n) is 5.93. The Morgan fingerprint density at radius 3 is 2.78 bits per heavy atom. The third kappa shape index (κ3) is 2.91. The van der Waals surface area contributed by atoms with Gasteiger partial charge in [0, 0.05) is 11.6 Å². The lowest BCUT2D eigenvalue weighted by atomic mass is 10.2. The molecule has 2 aromatic carbocycles. The molecule has 0 unspecified atom stereocenters. The van der Waals surface area contributed by atoms with Crippen molar-refractivity contribution in [1.82, 2.24) is 19.1 Å². The molecule has 0 saturated heterocycles. The monoisotopic (exact) mass is 365 g/mol. The molecule has 0 atom stereocenters. The normalized spacial score (nSPS) is 11.0. The predicted octanol–water partition coefficient (Wildman–Crippen LogP) is 2.36. The first-order valence-electron chi connectivity index (χ1n) is 8.20. The highest BCUT2D eigenvalue weighted by Crippen LogP contribution is 2.21. The second kappa shape index (κ2) is 6.56. The largest absolute Gasteiger partial charge is 0.497 e. The molecule has 0 amide bonds. The molecular formula is C19H16FN5O2. The lowest BCUT2D eigenvalue weighted by molar-refractivity contribution is 0.414. The summed E-state index contributed by atoms with van der Waals surface area (Å²) in [6.45, 7) is 0.0479. The van der Waals surface area contributed by atoms with Crippen molar-refractivity contribution in [3.63, 3.8) is 0 Å². The van der Waals surface area contributed by atoms with Crippen molar-refractivity contribution in [2.24, 2.45) is 0 Å². The van der Waals surface area contributed by atoms with E-state index >= 15 is 0 Å². The Morgan fingerprint density at radius 2 is 2.00 bits per heavy atom. The Hall–Kier alpha value is -3.68. The fourth-order valence-electron chi connectivity index (χ4n) is 2.98. The zero-order valence-corrected chi connectivity index (χ0v) is 14.5. The van der Waals surface area contributed by atoms with Gasteiger partial charge in [-0.1, -0.05) is 24.3 Å². The summed E-state index contributed by atoms with van der Waals surface area (Å²) in [4.78, 5) is 21.4. The molecule has 0 aliphatic heterocycles. The number of benzene rings is 2. The average Bonchev–Trinajstić information content (AvgIpc) is 2.94. The fourth-order valence-corrected chi connectivity index (χ4v) is 2.98. The minimum atomic E-state index is -0.386. The number of fused-ring (bicyclic) bond motifs is 1. The van der Waals surface area contributed by atoms with Crippen molar-refractivity contribution in [1.29, 1.82) is 0 Å². The van der Waals surface area contributed by atoms with Gasteiger partial charge >= 0.3 is 5.69 Å². The Bertz CT molecular complexity index is 1200. The highest BCUT2D eigenvalue weighted by atomic mass is 19.1. The molecule has 4 aromatic rings. The number of rotatable bonds is 4. The van der Waals surface area contributed by atoms with Gasteiger partial charge in [0.1, 0.15) is 17.1 Å². The molecule has 0 saturated carbocycles. The van der Waals surface area contributed by atoms with Gasteiger partial charge in [0.05, 0.1) is 25.5 Å². The minimum absolute atomic E-state index is 0.0437. The van der Waals surface area contributed by atoms with Crippen molar-refractivity contribution in [2.45, 2.75) is 6.54 Å². The number of ether oxygens (including phenoxy) is 1. The predicted molar refractivity (Wildman–Crippen MR) is 99.6 cm³/mol. The summed E-state index contributed by atoms with van der Waals surface area (Å²) in [7, 11) is 1.55. The summed E-state index contributed by atoms with van der Waals surface area (Å²) < 4.78 is 22.2. The van der Waals surface area contributed by atoms with Gasteiger partial charge in [-0.05, 0) is 18.2 Å². The quantitative estimate of drug-likeness (QED) is 0.600. The number of methoxy groups -OCH3 is 1. The lowest BCUT2D eigenvalue weighted by Gasteiger charge is -2.05.